The molecule has 0 aliphatic carbocycles. The third kappa shape index (κ3) is 3.34. The van der Waals surface area contributed by atoms with Gasteiger partial charge in [0.25, 0.3) is 0 Å². The quantitative estimate of drug-likeness (QED) is 0.859. The van der Waals surface area contributed by atoms with E-state index >= 15 is 0 Å². The summed E-state index contributed by atoms with van der Waals surface area (Å²) in [4.78, 5) is 0. The minimum atomic E-state index is 0.221. The van der Waals surface area contributed by atoms with Crippen LogP contribution in [0, 0.1) is 5.92 Å². The van der Waals surface area contributed by atoms with E-state index in [4.69, 9.17) is 0 Å². The average molecular weight is 257 g/mol. The molecule has 0 aliphatic rings. The third-order valence-corrected chi connectivity index (χ3v) is 3.93. The molecule has 19 heavy (non-hydrogen) atoms. The number of nitrogens with one attached hydrogen (secondary N) is 1. The first-order chi connectivity index (χ1) is 9.11. The molecule has 2 nitrogen and oxygen atoms in total. The normalized spacial score (nSPS) is 16.2. The summed E-state index contributed by atoms with van der Waals surface area (Å²) in [6.45, 7) is 6.58. The number of fused-ring (bicyclic) bond motifs is 1. The highest BCUT2D eigenvalue weighted by Crippen LogP contribution is 2.21. The van der Waals surface area contributed by atoms with Gasteiger partial charge in [-0.05, 0) is 42.2 Å². The van der Waals surface area contributed by atoms with E-state index in [-0.39, 0.29) is 18.6 Å². The van der Waals surface area contributed by atoms with E-state index < -0.39 is 0 Å². The molecule has 0 aliphatic heterocycles. The molecular weight excluding hydrogens is 234 g/mol. The lowest BCUT2D eigenvalue weighted by Gasteiger charge is -2.24. The largest absolute Gasteiger partial charge is 0.396 e. The van der Waals surface area contributed by atoms with Crippen molar-refractivity contribution in [2.45, 2.75) is 32.9 Å². The van der Waals surface area contributed by atoms with E-state index in [9.17, 15) is 5.11 Å². The first kappa shape index (κ1) is 14.0. The summed E-state index contributed by atoms with van der Waals surface area (Å²) in [7, 11) is 0. The van der Waals surface area contributed by atoms with Gasteiger partial charge in [0.2, 0.25) is 0 Å². The number of hydrogen-bond donors (Lipinski definition) is 2. The summed E-state index contributed by atoms with van der Waals surface area (Å²) in [6, 6.07) is 15.6. The van der Waals surface area contributed by atoms with Crippen molar-refractivity contribution in [1.82, 2.24) is 5.32 Å². The van der Waals surface area contributed by atoms with Gasteiger partial charge in [-0.15, -0.1) is 0 Å². The van der Waals surface area contributed by atoms with Crippen LogP contribution in [0.25, 0.3) is 10.8 Å². The summed E-state index contributed by atoms with van der Waals surface area (Å²) < 4.78 is 0. The van der Waals surface area contributed by atoms with E-state index in [2.05, 4.69) is 68.6 Å². The lowest BCUT2D eigenvalue weighted by Crippen LogP contribution is -2.35. The van der Waals surface area contributed by atoms with Crippen LogP contribution in [0.1, 0.15) is 32.4 Å². The third-order valence-electron chi connectivity index (χ3n) is 3.93. The average Bonchev–Trinajstić information content (AvgIpc) is 2.45. The number of aliphatic hydroxyl groups excluding tert-OH is 1. The Morgan fingerprint density at radius 3 is 2.37 bits per heavy atom. The zero-order valence-corrected chi connectivity index (χ0v) is 11.9. The highest BCUT2D eigenvalue weighted by Gasteiger charge is 2.14. The summed E-state index contributed by atoms with van der Waals surface area (Å²) in [5.74, 6) is 0.267. The molecule has 0 aromatic heterocycles. The Morgan fingerprint density at radius 1 is 1.00 bits per heavy atom. The predicted octanol–water partition coefficient (Wildman–Crippen LogP) is 3.51. The van der Waals surface area contributed by atoms with Gasteiger partial charge in [0.05, 0.1) is 0 Å². The highest BCUT2D eigenvalue weighted by molar-refractivity contribution is 5.83. The molecule has 3 atom stereocenters. The lowest BCUT2D eigenvalue weighted by molar-refractivity contribution is 0.202. The van der Waals surface area contributed by atoms with Crippen molar-refractivity contribution in [2.75, 3.05) is 6.61 Å². The number of hydrogen-bond acceptors (Lipinski definition) is 2. The second-order valence-electron chi connectivity index (χ2n) is 5.44. The molecular formula is C17H23NO. The Hall–Kier alpha value is -1.38. The second kappa shape index (κ2) is 6.18. The van der Waals surface area contributed by atoms with E-state index in [0.717, 1.165) is 0 Å². The van der Waals surface area contributed by atoms with Gasteiger partial charge in [0.15, 0.2) is 0 Å². The van der Waals surface area contributed by atoms with Gasteiger partial charge < -0.3 is 10.4 Å². The molecule has 2 rings (SSSR count). The van der Waals surface area contributed by atoms with Gasteiger partial charge in [0, 0.05) is 18.7 Å². The fraction of sp³-hybridized carbons (Fsp3) is 0.412. The van der Waals surface area contributed by atoms with Crippen molar-refractivity contribution in [3.63, 3.8) is 0 Å². The van der Waals surface area contributed by atoms with Crippen LogP contribution < -0.4 is 5.32 Å². The lowest BCUT2D eigenvalue weighted by atomic mass is 9.99. The highest BCUT2D eigenvalue weighted by atomic mass is 16.3. The minimum absolute atomic E-state index is 0.221. The summed E-state index contributed by atoms with van der Waals surface area (Å²) in [6.07, 6.45) is 0. The van der Waals surface area contributed by atoms with Gasteiger partial charge in [-0.1, -0.05) is 43.3 Å². The fourth-order valence-electron chi connectivity index (χ4n) is 2.29. The van der Waals surface area contributed by atoms with Gasteiger partial charge in [0.1, 0.15) is 0 Å². The second-order valence-corrected chi connectivity index (χ2v) is 5.44. The van der Waals surface area contributed by atoms with Crippen LogP contribution in [0.5, 0.6) is 0 Å². The molecule has 2 heteroatoms. The molecule has 102 valence electrons. The SMILES string of the molecule is CC(NC(C)C(C)CO)c1ccc2ccccc2c1. The van der Waals surface area contributed by atoms with E-state index in [1.807, 2.05) is 0 Å². The monoisotopic (exact) mass is 257 g/mol. The van der Waals surface area contributed by atoms with Crippen molar-refractivity contribution in [1.29, 1.82) is 0 Å². The summed E-state index contributed by atoms with van der Waals surface area (Å²) in [5, 5.41) is 15.3. The number of rotatable bonds is 5. The minimum Gasteiger partial charge on any atom is -0.396 e. The molecule has 3 unspecified atom stereocenters. The van der Waals surface area contributed by atoms with E-state index in [1.54, 1.807) is 0 Å². The van der Waals surface area contributed by atoms with Crippen molar-refractivity contribution in [2.24, 2.45) is 5.92 Å². The molecule has 0 amide bonds. The maximum atomic E-state index is 9.19. The standard InChI is InChI=1S/C17H23NO/c1-12(11-19)13(2)18-14(3)16-9-8-15-6-4-5-7-17(15)10-16/h4-10,12-14,18-19H,11H2,1-3H3. The molecule has 0 radical (unpaired) electrons. The van der Waals surface area contributed by atoms with Crippen LogP contribution in [-0.2, 0) is 0 Å². The van der Waals surface area contributed by atoms with Crippen LogP contribution in [-0.4, -0.2) is 17.8 Å². The molecule has 0 saturated carbocycles. The van der Waals surface area contributed by atoms with E-state index in [0.29, 0.717) is 6.04 Å². The molecule has 2 aromatic rings. The Balaban J connectivity index is 2.15. The summed E-state index contributed by atoms with van der Waals surface area (Å²) in [5.41, 5.74) is 1.29. The fourth-order valence-corrected chi connectivity index (χ4v) is 2.29. The van der Waals surface area contributed by atoms with Crippen molar-refractivity contribution in [3.8, 4) is 0 Å². The molecule has 0 saturated heterocycles. The maximum Gasteiger partial charge on any atom is 0.0471 e. The van der Waals surface area contributed by atoms with Gasteiger partial charge >= 0.3 is 0 Å². The molecule has 0 fully saturated rings. The Kier molecular flexibility index (Phi) is 4.56. The van der Waals surface area contributed by atoms with Crippen LogP contribution in [0.4, 0.5) is 0 Å². The van der Waals surface area contributed by atoms with Crippen LogP contribution in [0.3, 0.4) is 0 Å². The Labute approximate surface area is 115 Å². The van der Waals surface area contributed by atoms with Gasteiger partial charge in [-0.2, -0.15) is 0 Å². The first-order valence-electron chi connectivity index (χ1n) is 6.97. The van der Waals surface area contributed by atoms with Crippen LogP contribution >= 0.6 is 0 Å². The molecule has 2 aromatic carbocycles. The Bertz CT molecular complexity index is 538. The van der Waals surface area contributed by atoms with Crippen molar-refractivity contribution in [3.05, 3.63) is 48.0 Å². The van der Waals surface area contributed by atoms with Gasteiger partial charge in [-0.3, -0.25) is 0 Å². The molecule has 2 N–H and O–H groups in total. The number of aliphatic hydroxyl groups is 1. The molecule has 0 spiro atoms. The zero-order valence-electron chi connectivity index (χ0n) is 11.9. The predicted molar refractivity (Wildman–Crippen MR) is 81.2 cm³/mol. The maximum absolute atomic E-state index is 9.19. The van der Waals surface area contributed by atoms with Crippen LogP contribution in [0.2, 0.25) is 0 Å². The van der Waals surface area contributed by atoms with E-state index in [1.165, 1.54) is 16.3 Å². The number of benzene rings is 2. The van der Waals surface area contributed by atoms with Crippen molar-refractivity contribution < 1.29 is 5.11 Å². The molecule has 0 bridgehead atoms. The topological polar surface area (TPSA) is 32.3 Å². The zero-order chi connectivity index (χ0) is 13.8. The van der Waals surface area contributed by atoms with Crippen molar-refractivity contribution >= 4 is 10.8 Å². The van der Waals surface area contributed by atoms with Crippen LogP contribution in [0.15, 0.2) is 42.5 Å². The Morgan fingerprint density at radius 2 is 1.68 bits per heavy atom. The summed E-state index contributed by atoms with van der Waals surface area (Å²) >= 11 is 0. The smallest absolute Gasteiger partial charge is 0.0471 e. The first-order valence-corrected chi connectivity index (χ1v) is 6.97. The molecule has 0 heterocycles. The van der Waals surface area contributed by atoms with Gasteiger partial charge in [-0.25, -0.2) is 0 Å².